The molecule has 1 aliphatic heterocycles. The van der Waals surface area contributed by atoms with Crippen molar-refractivity contribution in [3.05, 3.63) is 48.3 Å². The molecule has 13 nitrogen and oxygen atoms in total. The van der Waals surface area contributed by atoms with Crippen molar-refractivity contribution in [3.8, 4) is 11.4 Å². The summed E-state index contributed by atoms with van der Waals surface area (Å²) in [6.45, 7) is 3.08. The highest BCUT2D eigenvalue weighted by atomic mass is 16.5. The van der Waals surface area contributed by atoms with Gasteiger partial charge in [-0.25, -0.2) is 30.4 Å². The molecule has 5 heterocycles. The summed E-state index contributed by atoms with van der Waals surface area (Å²) >= 11 is 0. The van der Waals surface area contributed by atoms with Gasteiger partial charge in [-0.15, -0.1) is 0 Å². The predicted molar refractivity (Wildman–Crippen MR) is 126 cm³/mol. The van der Waals surface area contributed by atoms with Gasteiger partial charge >= 0.3 is 0 Å². The first-order chi connectivity index (χ1) is 17.0. The molecule has 0 aliphatic carbocycles. The van der Waals surface area contributed by atoms with Crippen LogP contribution in [0.25, 0.3) is 22.6 Å². The van der Waals surface area contributed by atoms with Crippen LogP contribution >= 0.6 is 0 Å². The Labute approximate surface area is 200 Å². The Hall–Kier alpha value is -4.23. The van der Waals surface area contributed by atoms with Crippen molar-refractivity contribution in [1.29, 1.82) is 0 Å². The molecule has 1 saturated heterocycles. The van der Waals surface area contributed by atoms with Crippen molar-refractivity contribution in [2.24, 2.45) is 7.05 Å². The first kappa shape index (κ1) is 22.6. The molecule has 180 valence electrons. The Balaban J connectivity index is 1.52. The maximum absolute atomic E-state index is 11.5. The van der Waals surface area contributed by atoms with Crippen LogP contribution in [0.3, 0.4) is 0 Å². The van der Waals surface area contributed by atoms with Gasteiger partial charge in [-0.05, 0) is 12.1 Å². The third kappa shape index (κ3) is 4.46. The van der Waals surface area contributed by atoms with E-state index in [4.69, 9.17) is 24.9 Å². The number of imidazole rings is 1. The Kier molecular flexibility index (Phi) is 6.16. The molecule has 4 aromatic rings. The summed E-state index contributed by atoms with van der Waals surface area (Å²) in [4.78, 5) is 42.7. The number of nitrogens with one attached hydrogen (secondary N) is 1. The number of fused-ring (bicyclic) bond motifs is 1. The van der Waals surface area contributed by atoms with Gasteiger partial charge in [0.25, 0.3) is 5.91 Å². The van der Waals surface area contributed by atoms with Crippen molar-refractivity contribution < 1.29 is 14.7 Å². The number of hydrogen-bond donors (Lipinski definition) is 2. The fraction of sp³-hybridized carbons (Fsp3) is 0.318. The number of pyridine rings is 1. The Morgan fingerprint density at radius 1 is 1.14 bits per heavy atom. The number of hydrogen-bond acceptors (Lipinski definition) is 11. The maximum Gasteiger partial charge on any atom is 0.277 e. The first-order valence-corrected chi connectivity index (χ1v) is 11.0. The van der Waals surface area contributed by atoms with E-state index < -0.39 is 5.91 Å². The van der Waals surface area contributed by atoms with E-state index >= 15 is 0 Å². The minimum atomic E-state index is -0.672. The Morgan fingerprint density at radius 3 is 2.54 bits per heavy atom. The van der Waals surface area contributed by atoms with Gasteiger partial charge in [0.2, 0.25) is 5.95 Å². The number of nitrogens with zero attached hydrogens (tertiary/aromatic N) is 9. The lowest BCUT2D eigenvalue weighted by Crippen LogP contribution is -2.37. The molecule has 0 unspecified atom stereocenters. The quantitative estimate of drug-likeness (QED) is 0.301. The number of aryl methyl sites for hydroxylation is 1. The van der Waals surface area contributed by atoms with Crippen molar-refractivity contribution in [2.75, 3.05) is 43.2 Å². The smallest absolute Gasteiger partial charge is 0.277 e. The Bertz CT molecular complexity index is 1340. The van der Waals surface area contributed by atoms with Gasteiger partial charge in [0.15, 0.2) is 22.8 Å². The zero-order valence-corrected chi connectivity index (χ0v) is 19.3. The first-order valence-electron chi connectivity index (χ1n) is 11.0. The van der Waals surface area contributed by atoms with Crippen LogP contribution in [0.1, 0.15) is 16.2 Å². The standard InChI is InChI=1S/C22H24N10O3/c1-30(22-24-11-15(12-25-22)21(33)29-34)13-16-26-17-19(31(16)2)27-18(14-3-5-23-6-4-14)28-20(17)32-7-9-35-10-8-32/h3-6,11-12,34H,7-10,13H2,1-2H3,(H,29,33). The molecule has 0 atom stereocenters. The minimum absolute atomic E-state index is 0.154. The second-order valence-corrected chi connectivity index (χ2v) is 8.03. The number of carbonyl (C=O) groups excluding carboxylic acids is 1. The lowest BCUT2D eigenvalue weighted by molar-refractivity contribution is 0.0705. The van der Waals surface area contributed by atoms with Gasteiger partial charge in [-0.1, -0.05) is 0 Å². The fourth-order valence-corrected chi connectivity index (χ4v) is 3.84. The van der Waals surface area contributed by atoms with Crippen LogP contribution in [0.15, 0.2) is 36.9 Å². The van der Waals surface area contributed by atoms with Crippen LogP contribution in [0.4, 0.5) is 11.8 Å². The summed E-state index contributed by atoms with van der Waals surface area (Å²) < 4.78 is 7.47. The van der Waals surface area contributed by atoms with Crippen molar-refractivity contribution >= 4 is 28.8 Å². The number of ether oxygens (including phenoxy) is 1. The SMILES string of the molecule is CN(Cc1nc2c(N3CCOCC3)nc(-c3ccncc3)nc2n1C)c1ncc(C(=O)NO)cn1. The molecule has 1 amide bonds. The minimum Gasteiger partial charge on any atom is -0.378 e. The zero-order valence-electron chi connectivity index (χ0n) is 19.3. The van der Waals surface area contributed by atoms with E-state index in [1.807, 2.05) is 35.7 Å². The molecule has 35 heavy (non-hydrogen) atoms. The third-order valence-electron chi connectivity index (χ3n) is 5.76. The van der Waals surface area contributed by atoms with Gasteiger partial charge in [0.05, 0.1) is 25.3 Å². The summed E-state index contributed by atoms with van der Waals surface area (Å²) in [5, 5.41) is 8.77. The largest absolute Gasteiger partial charge is 0.378 e. The molecular formula is C22H24N10O3. The number of anilines is 2. The normalized spacial score (nSPS) is 13.7. The number of morpholine rings is 1. The molecule has 0 saturated carbocycles. The van der Waals surface area contributed by atoms with Crippen LogP contribution < -0.4 is 15.3 Å². The van der Waals surface area contributed by atoms with Crippen molar-refractivity contribution in [1.82, 2.24) is 40.0 Å². The molecule has 5 rings (SSSR count). The van der Waals surface area contributed by atoms with E-state index in [0.29, 0.717) is 42.7 Å². The number of carbonyl (C=O) groups is 1. The van der Waals surface area contributed by atoms with Crippen LogP contribution in [-0.2, 0) is 18.3 Å². The zero-order chi connectivity index (χ0) is 24.4. The summed E-state index contributed by atoms with van der Waals surface area (Å²) in [5.41, 5.74) is 4.02. The Morgan fingerprint density at radius 2 is 1.86 bits per heavy atom. The second-order valence-electron chi connectivity index (χ2n) is 8.03. The maximum atomic E-state index is 11.5. The highest BCUT2D eigenvalue weighted by molar-refractivity contribution is 5.92. The average molecular weight is 477 g/mol. The van der Waals surface area contributed by atoms with Crippen LogP contribution in [0.5, 0.6) is 0 Å². The number of hydroxylamine groups is 1. The van der Waals surface area contributed by atoms with E-state index in [9.17, 15) is 4.79 Å². The number of amides is 1. The van der Waals surface area contributed by atoms with E-state index in [0.717, 1.165) is 30.3 Å². The predicted octanol–water partition coefficient (Wildman–Crippen LogP) is 0.807. The second kappa shape index (κ2) is 9.56. The molecule has 1 aliphatic rings. The van der Waals surface area contributed by atoms with Gasteiger partial charge in [0.1, 0.15) is 5.82 Å². The van der Waals surface area contributed by atoms with Crippen molar-refractivity contribution in [3.63, 3.8) is 0 Å². The molecule has 13 heteroatoms. The fourth-order valence-electron chi connectivity index (χ4n) is 3.84. The molecule has 1 fully saturated rings. The van der Waals surface area contributed by atoms with Crippen LogP contribution in [0.2, 0.25) is 0 Å². The average Bonchev–Trinajstić information content (AvgIpc) is 3.23. The topological polar surface area (TPSA) is 147 Å². The number of rotatable bonds is 6. The monoisotopic (exact) mass is 476 g/mol. The van der Waals surface area contributed by atoms with Gasteiger partial charge in [-0.3, -0.25) is 15.0 Å². The molecule has 0 aromatic carbocycles. The van der Waals surface area contributed by atoms with Crippen LogP contribution in [-0.4, -0.2) is 78.9 Å². The number of aromatic nitrogens is 7. The highest BCUT2D eigenvalue weighted by Crippen LogP contribution is 2.28. The summed E-state index contributed by atoms with van der Waals surface area (Å²) in [7, 11) is 3.75. The summed E-state index contributed by atoms with van der Waals surface area (Å²) in [5.74, 6) is 1.85. The lowest BCUT2D eigenvalue weighted by atomic mass is 10.2. The third-order valence-corrected chi connectivity index (χ3v) is 5.76. The van der Waals surface area contributed by atoms with Crippen molar-refractivity contribution in [2.45, 2.75) is 6.54 Å². The lowest BCUT2D eigenvalue weighted by Gasteiger charge is -2.28. The van der Waals surface area contributed by atoms with E-state index in [2.05, 4.69) is 19.9 Å². The molecule has 0 radical (unpaired) electrons. The van der Waals surface area contributed by atoms with E-state index in [1.165, 1.54) is 12.4 Å². The summed E-state index contributed by atoms with van der Waals surface area (Å²) in [6.07, 6.45) is 6.14. The summed E-state index contributed by atoms with van der Waals surface area (Å²) in [6, 6.07) is 3.76. The molecule has 0 spiro atoms. The molecule has 4 aromatic heterocycles. The molecular weight excluding hydrogens is 452 g/mol. The van der Waals surface area contributed by atoms with Crippen LogP contribution in [0, 0.1) is 0 Å². The van der Waals surface area contributed by atoms with E-state index in [-0.39, 0.29) is 5.56 Å². The molecule has 2 N–H and O–H groups in total. The van der Waals surface area contributed by atoms with E-state index in [1.54, 1.807) is 17.9 Å². The highest BCUT2D eigenvalue weighted by Gasteiger charge is 2.23. The molecule has 0 bridgehead atoms. The van der Waals surface area contributed by atoms with Gasteiger partial charge < -0.3 is 19.1 Å². The van der Waals surface area contributed by atoms with Gasteiger partial charge in [0, 0.05) is 57.5 Å². The van der Waals surface area contributed by atoms with Gasteiger partial charge in [-0.2, -0.15) is 0 Å².